The van der Waals surface area contributed by atoms with E-state index in [4.69, 9.17) is 0 Å². The monoisotopic (exact) mass is 333 g/mol. The number of carbonyl (C=O) groups is 1. The maximum Gasteiger partial charge on any atom is 0.364 e. The quantitative estimate of drug-likeness (QED) is 0.496. The summed E-state index contributed by atoms with van der Waals surface area (Å²) in [5.74, 6) is 0. The average Bonchev–Trinajstić information content (AvgIpc) is 2.55. The number of nitrogens with zero attached hydrogens (tertiary/aromatic N) is 3. The van der Waals surface area contributed by atoms with Gasteiger partial charge in [-0.3, -0.25) is 14.8 Å². The van der Waals surface area contributed by atoms with E-state index in [1.807, 2.05) is 24.3 Å². The van der Waals surface area contributed by atoms with Crippen LogP contribution < -0.4 is 21.6 Å². The Hall–Kier alpha value is -2.39. The largest absolute Gasteiger partial charge is 0.364 e. The summed E-state index contributed by atoms with van der Waals surface area (Å²) in [5.41, 5.74) is -0.358. The fourth-order valence-corrected chi connectivity index (χ4v) is 2.80. The minimum Gasteiger partial charge on any atom is -0.312 e. The SMILES string of the molecule is O=CC1CNCC(c2ccc(S)cc2)N1n1ncc(=O)[nH]c1=O. The Morgan fingerprint density at radius 3 is 2.61 bits per heavy atom. The van der Waals surface area contributed by atoms with Gasteiger partial charge in [-0.05, 0) is 17.7 Å². The molecular weight excluding hydrogens is 318 g/mol. The summed E-state index contributed by atoms with van der Waals surface area (Å²) >= 11 is 4.26. The van der Waals surface area contributed by atoms with E-state index in [1.54, 1.807) is 5.01 Å². The van der Waals surface area contributed by atoms with Gasteiger partial charge < -0.3 is 10.1 Å². The highest BCUT2D eigenvalue weighted by atomic mass is 32.1. The molecule has 2 unspecified atom stereocenters. The first-order valence-corrected chi connectivity index (χ1v) is 7.47. The van der Waals surface area contributed by atoms with E-state index in [2.05, 4.69) is 28.0 Å². The van der Waals surface area contributed by atoms with E-state index < -0.39 is 17.3 Å². The molecule has 0 bridgehead atoms. The van der Waals surface area contributed by atoms with Crippen molar-refractivity contribution in [1.82, 2.24) is 20.2 Å². The molecule has 1 aromatic heterocycles. The lowest BCUT2D eigenvalue weighted by molar-refractivity contribution is -0.109. The number of aldehydes is 1. The van der Waals surface area contributed by atoms with Gasteiger partial charge in [0, 0.05) is 18.0 Å². The summed E-state index contributed by atoms with van der Waals surface area (Å²) in [6.45, 7) is 0.918. The number of thiol groups is 1. The van der Waals surface area contributed by atoms with Crippen molar-refractivity contribution in [2.24, 2.45) is 0 Å². The van der Waals surface area contributed by atoms with Gasteiger partial charge in [-0.2, -0.15) is 5.10 Å². The van der Waals surface area contributed by atoms with Crippen LogP contribution in [0.25, 0.3) is 0 Å². The van der Waals surface area contributed by atoms with Gasteiger partial charge in [0.05, 0.1) is 6.04 Å². The van der Waals surface area contributed by atoms with Crippen molar-refractivity contribution in [1.29, 1.82) is 0 Å². The predicted octanol–water partition coefficient (Wildman–Crippen LogP) is -0.930. The second-order valence-electron chi connectivity index (χ2n) is 5.18. The van der Waals surface area contributed by atoms with Crippen LogP contribution in [-0.4, -0.2) is 40.3 Å². The third-order valence-corrected chi connectivity index (χ3v) is 4.00. The molecule has 1 aliphatic heterocycles. The second kappa shape index (κ2) is 6.39. The van der Waals surface area contributed by atoms with E-state index in [0.29, 0.717) is 13.1 Å². The molecule has 2 aromatic rings. The number of hydrogen-bond donors (Lipinski definition) is 3. The van der Waals surface area contributed by atoms with E-state index in [-0.39, 0.29) is 6.04 Å². The Labute approximate surface area is 136 Å². The number of aromatic amines is 1. The molecule has 23 heavy (non-hydrogen) atoms. The lowest BCUT2D eigenvalue weighted by Crippen LogP contribution is -2.62. The van der Waals surface area contributed by atoms with Crippen molar-refractivity contribution >= 4 is 18.9 Å². The van der Waals surface area contributed by atoms with Gasteiger partial charge in [-0.15, -0.1) is 17.4 Å². The lowest BCUT2D eigenvalue weighted by Gasteiger charge is -2.41. The zero-order chi connectivity index (χ0) is 16.4. The first-order valence-electron chi connectivity index (χ1n) is 7.02. The van der Waals surface area contributed by atoms with E-state index >= 15 is 0 Å². The molecule has 0 radical (unpaired) electrons. The van der Waals surface area contributed by atoms with Crippen LogP contribution in [0.4, 0.5) is 0 Å². The summed E-state index contributed by atoms with van der Waals surface area (Å²) in [5, 5.41) is 8.63. The van der Waals surface area contributed by atoms with E-state index in [9.17, 15) is 14.4 Å². The van der Waals surface area contributed by atoms with Crippen LogP contribution in [0.1, 0.15) is 11.6 Å². The van der Waals surface area contributed by atoms with Crippen molar-refractivity contribution in [2.75, 3.05) is 18.1 Å². The number of nitrogens with one attached hydrogen (secondary N) is 2. The number of rotatable bonds is 3. The summed E-state index contributed by atoms with van der Waals surface area (Å²) in [6, 6.07) is 6.57. The molecular formula is C14H15N5O3S. The molecule has 2 N–H and O–H groups in total. The van der Waals surface area contributed by atoms with Gasteiger partial charge in [-0.25, -0.2) is 4.79 Å². The molecule has 0 amide bonds. The third kappa shape index (κ3) is 3.06. The first kappa shape index (κ1) is 15.5. The van der Waals surface area contributed by atoms with Gasteiger partial charge >= 0.3 is 5.69 Å². The molecule has 0 saturated carbocycles. The summed E-state index contributed by atoms with van der Waals surface area (Å²) in [7, 11) is 0. The second-order valence-corrected chi connectivity index (χ2v) is 5.69. The van der Waals surface area contributed by atoms with Gasteiger partial charge in [0.25, 0.3) is 5.56 Å². The number of H-pyrrole nitrogens is 1. The smallest absolute Gasteiger partial charge is 0.312 e. The van der Waals surface area contributed by atoms with Crippen LogP contribution in [0.3, 0.4) is 0 Å². The Morgan fingerprint density at radius 2 is 1.96 bits per heavy atom. The van der Waals surface area contributed by atoms with Gasteiger partial charge in [0.1, 0.15) is 18.5 Å². The zero-order valence-electron chi connectivity index (χ0n) is 12.0. The fraction of sp³-hybridized carbons (Fsp3) is 0.286. The Bertz CT molecular complexity index is 816. The molecule has 9 heteroatoms. The molecule has 120 valence electrons. The standard InChI is InChI=1S/C14H15N5O3S/c20-8-10-5-15-6-12(9-1-3-11(23)4-2-9)18(10)19-14(22)17-13(21)7-16-19/h1-4,7-8,10,12,15,23H,5-6H2,(H,17,21,22). The predicted molar refractivity (Wildman–Crippen MR) is 86.5 cm³/mol. The van der Waals surface area contributed by atoms with Crippen molar-refractivity contribution in [3.8, 4) is 0 Å². The number of benzene rings is 1. The normalized spacial score (nSPS) is 21.2. The molecule has 0 aliphatic carbocycles. The topological polar surface area (TPSA) is 100 Å². The Morgan fingerprint density at radius 1 is 1.22 bits per heavy atom. The van der Waals surface area contributed by atoms with Crippen molar-refractivity contribution < 1.29 is 4.79 Å². The minimum atomic E-state index is -0.679. The maximum atomic E-state index is 12.1. The molecule has 1 aromatic carbocycles. The summed E-state index contributed by atoms with van der Waals surface area (Å²) < 4.78 is 0. The van der Waals surface area contributed by atoms with Crippen LogP contribution >= 0.6 is 12.6 Å². The van der Waals surface area contributed by atoms with Crippen molar-refractivity contribution in [3.63, 3.8) is 0 Å². The molecule has 1 aliphatic rings. The Balaban J connectivity index is 2.09. The fourth-order valence-electron chi connectivity index (χ4n) is 2.65. The van der Waals surface area contributed by atoms with Crippen LogP contribution in [0, 0.1) is 0 Å². The highest BCUT2D eigenvalue weighted by Gasteiger charge is 2.33. The van der Waals surface area contributed by atoms with Gasteiger partial charge in [0.15, 0.2) is 0 Å². The van der Waals surface area contributed by atoms with Crippen LogP contribution in [0.15, 0.2) is 44.9 Å². The van der Waals surface area contributed by atoms with E-state index in [1.165, 1.54) is 0 Å². The van der Waals surface area contributed by atoms with Gasteiger partial charge in [0.2, 0.25) is 0 Å². The van der Waals surface area contributed by atoms with E-state index in [0.717, 1.165) is 27.7 Å². The zero-order valence-corrected chi connectivity index (χ0v) is 12.9. The molecule has 8 nitrogen and oxygen atoms in total. The maximum absolute atomic E-state index is 12.1. The molecule has 1 saturated heterocycles. The summed E-state index contributed by atoms with van der Waals surface area (Å²) in [4.78, 5) is 38.8. The number of aromatic nitrogens is 3. The third-order valence-electron chi connectivity index (χ3n) is 3.70. The van der Waals surface area contributed by atoms with Crippen molar-refractivity contribution in [2.45, 2.75) is 17.0 Å². The molecule has 2 heterocycles. The average molecular weight is 333 g/mol. The highest BCUT2D eigenvalue weighted by molar-refractivity contribution is 7.80. The number of piperazine rings is 1. The molecule has 0 spiro atoms. The molecule has 1 fully saturated rings. The number of hydrogen-bond acceptors (Lipinski definition) is 7. The van der Waals surface area contributed by atoms with Crippen molar-refractivity contribution in [3.05, 3.63) is 56.9 Å². The van der Waals surface area contributed by atoms with Crippen LogP contribution in [0.2, 0.25) is 0 Å². The van der Waals surface area contributed by atoms with Crippen LogP contribution in [-0.2, 0) is 4.79 Å². The highest BCUT2D eigenvalue weighted by Crippen LogP contribution is 2.23. The Kier molecular flexibility index (Phi) is 4.30. The summed E-state index contributed by atoms with van der Waals surface area (Å²) in [6.07, 6.45) is 1.77. The molecule has 3 rings (SSSR count). The first-order chi connectivity index (χ1) is 11.1. The number of carbonyl (C=O) groups excluding carboxylic acids is 1. The molecule has 2 atom stereocenters. The van der Waals surface area contributed by atoms with Gasteiger partial charge in [-0.1, -0.05) is 12.1 Å². The lowest BCUT2D eigenvalue weighted by atomic mass is 10.0. The van der Waals surface area contributed by atoms with Crippen LogP contribution in [0.5, 0.6) is 0 Å². The minimum absolute atomic E-state index is 0.288.